The smallest absolute Gasteiger partial charge is 0.193 e. The number of nitrogens with zero attached hydrogens (tertiary/aromatic N) is 4. The molecule has 2 aliphatic heterocycles. The van der Waals surface area contributed by atoms with Gasteiger partial charge in [0.05, 0.1) is 26.0 Å². The number of benzene rings is 1. The first-order valence-corrected chi connectivity index (χ1v) is 10.3. The van der Waals surface area contributed by atoms with Crippen LogP contribution in [0.4, 0.5) is 5.69 Å². The zero-order valence-corrected chi connectivity index (χ0v) is 20.5. The number of rotatable bonds is 5. The van der Waals surface area contributed by atoms with Crippen molar-refractivity contribution < 1.29 is 9.47 Å². The quantitative estimate of drug-likeness (QED) is 0.367. The number of halogens is 1. The van der Waals surface area contributed by atoms with E-state index in [1.54, 1.807) is 7.11 Å². The highest BCUT2D eigenvalue weighted by atomic mass is 127. The third-order valence-electron chi connectivity index (χ3n) is 5.76. The number of aliphatic imine (C=N–C) groups is 1. The number of anilines is 1. The largest absolute Gasteiger partial charge is 0.495 e. The molecule has 29 heavy (non-hydrogen) atoms. The number of nitrogens with one attached hydrogen (secondary N) is 1. The zero-order valence-electron chi connectivity index (χ0n) is 18.1. The van der Waals surface area contributed by atoms with E-state index in [4.69, 9.17) is 9.47 Å². The Morgan fingerprint density at radius 2 is 1.97 bits per heavy atom. The van der Waals surface area contributed by atoms with Crippen LogP contribution >= 0.6 is 24.0 Å². The van der Waals surface area contributed by atoms with Crippen molar-refractivity contribution in [3.63, 3.8) is 0 Å². The molecule has 0 radical (unpaired) electrons. The van der Waals surface area contributed by atoms with Crippen molar-refractivity contribution in [2.24, 2.45) is 4.99 Å². The van der Waals surface area contributed by atoms with Crippen molar-refractivity contribution in [2.75, 3.05) is 71.5 Å². The maximum atomic E-state index is 5.56. The Labute approximate surface area is 192 Å². The second kappa shape index (κ2) is 11.8. The van der Waals surface area contributed by atoms with E-state index in [1.165, 1.54) is 5.69 Å². The maximum Gasteiger partial charge on any atom is 0.193 e. The van der Waals surface area contributed by atoms with Crippen LogP contribution in [0.5, 0.6) is 5.75 Å². The molecule has 1 N–H and O–H groups in total. The fraction of sp³-hybridized carbons (Fsp3) is 0.667. The summed E-state index contributed by atoms with van der Waals surface area (Å²) in [4.78, 5) is 11.8. The normalized spacial score (nSPS) is 22.1. The van der Waals surface area contributed by atoms with Gasteiger partial charge < -0.3 is 24.6 Å². The van der Waals surface area contributed by atoms with Crippen LogP contribution in [0, 0.1) is 0 Å². The highest BCUT2D eigenvalue weighted by Gasteiger charge is 2.25. The van der Waals surface area contributed by atoms with Crippen LogP contribution in [-0.4, -0.2) is 94.5 Å². The molecule has 2 saturated heterocycles. The molecule has 2 unspecified atom stereocenters. The Hall–Kier alpha value is -1.26. The summed E-state index contributed by atoms with van der Waals surface area (Å²) in [5.41, 5.74) is 1.17. The third kappa shape index (κ3) is 6.11. The van der Waals surface area contributed by atoms with Gasteiger partial charge in [-0.1, -0.05) is 12.1 Å². The molecule has 3 rings (SSSR count). The number of morpholine rings is 1. The van der Waals surface area contributed by atoms with Crippen molar-refractivity contribution in [2.45, 2.75) is 25.9 Å². The van der Waals surface area contributed by atoms with Crippen LogP contribution in [0.15, 0.2) is 29.3 Å². The van der Waals surface area contributed by atoms with E-state index in [9.17, 15) is 0 Å². The minimum Gasteiger partial charge on any atom is -0.495 e. The Bertz CT molecular complexity index is 652. The summed E-state index contributed by atoms with van der Waals surface area (Å²) in [5.74, 6) is 1.93. The lowest BCUT2D eigenvalue weighted by Gasteiger charge is -2.40. The molecule has 0 bridgehead atoms. The average molecular weight is 517 g/mol. The molecule has 2 heterocycles. The van der Waals surface area contributed by atoms with E-state index in [2.05, 4.69) is 51.0 Å². The fourth-order valence-electron chi connectivity index (χ4n) is 4.13. The van der Waals surface area contributed by atoms with Gasteiger partial charge in [0.2, 0.25) is 0 Å². The molecule has 1 aromatic rings. The van der Waals surface area contributed by atoms with Gasteiger partial charge >= 0.3 is 0 Å². The summed E-state index contributed by atoms with van der Waals surface area (Å²) in [7, 11) is 3.61. The van der Waals surface area contributed by atoms with Crippen LogP contribution in [0.2, 0.25) is 0 Å². The van der Waals surface area contributed by atoms with E-state index in [0.29, 0.717) is 12.1 Å². The Balaban J connectivity index is 0.00000300. The van der Waals surface area contributed by atoms with Crippen LogP contribution < -0.4 is 15.0 Å². The monoisotopic (exact) mass is 517 g/mol. The molecule has 1 aromatic carbocycles. The maximum absolute atomic E-state index is 5.56. The van der Waals surface area contributed by atoms with Crippen LogP contribution in [0.3, 0.4) is 0 Å². The van der Waals surface area contributed by atoms with E-state index in [0.717, 1.165) is 64.2 Å². The molecule has 0 saturated carbocycles. The van der Waals surface area contributed by atoms with Crippen LogP contribution in [0.1, 0.15) is 13.8 Å². The number of methoxy groups -OCH3 is 1. The molecule has 7 nitrogen and oxygen atoms in total. The van der Waals surface area contributed by atoms with E-state index in [1.807, 2.05) is 19.2 Å². The minimum absolute atomic E-state index is 0. The van der Waals surface area contributed by atoms with Crippen molar-refractivity contribution in [1.82, 2.24) is 15.1 Å². The lowest BCUT2D eigenvalue weighted by Crippen LogP contribution is -2.56. The van der Waals surface area contributed by atoms with Gasteiger partial charge in [0.1, 0.15) is 5.75 Å². The highest BCUT2D eigenvalue weighted by molar-refractivity contribution is 14.0. The summed E-state index contributed by atoms with van der Waals surface area (Å²) < 4.78 is 11.1. The Morgan fingerprint density at radius 3 is 2.62 bits per heavy atom. The second-order valence-corrected chi connectivity index (χ2v) is 7.58. The number of hydrogen-bond donors (Lipinski definition) is 1. The molecule has 8 heteroatoms. The van der Waals surface area contributed by atoms with Gasteiger partial charge in [-0.3, -0.25) is 9.89 Å². The summed E-state index contributed by atoms with van der Waals surface area (Å²) >= 11 is 0. The SMILES string of the molecule is CN=C(NCC(C)N1CCOCC1C)N1CCN(c2ccccc2OC)CC1.I. The average Bonchev–Trinajstić information content (AvgIpc) is 2.74. The standard InChI is InChI=1S/C21H35N5O2.HI/c1-17(26-13-14-28-16-18(26)2)15-23-21(22-3)25-11-9-24(10-12-25)19-7-5-6-8-20(19)27-4;/h5-8,17-18H,9-16H2,1-4H3,(H,22,23);1H. The highest BCUT2D eigenvalue weighted by Crippen LogP contribution is 2.28. The van der Waals surface area contributed by atoms with Gasteiger partial charge in [0.15, 0.2) is 5.96 Å². The molecule has 2 atom stereocenters. The predicted molar refractivity (Wildman–Crippen MR) is 130 cm³/mol. The van der Waals surface area contributed by atoms with Gasteiger partial charge in [-0.25, -0.2) is 0 Å². The summed E-state index contributed by atoms with van der Waals surface area (Å²) in [6.45, 7) is 11.9. The zero-order chi connectivity index (χ0) is 19.9. The van der Waals surface area contributed by atoms with Gasteiger partial charge in [-0.15, -0.1) is 24.0 Å². The molecule has 0 aliphatic carbocycles. The first kappa shape index (κ1) is 24.0. The summed E-state index contributed by atoms with van der Waals surface area (Å²) in [6, 6.07) is 9.16. The molecule has 2 aliphatic rings. The van der Waals surface area contributed by atoms with Crippen molar-refractivity contribution in [3.05, 3.63) is 24.3 Å². The van der Waals surface area contributed by atoms with Crippen LogP contribution in [0.25, 0.3) is 0 Å². The van der Waals surface area contributed by atoms with E-state index >= 15 is 0 Å². The lowest BCUT2D eigenvalue weighted by atomic mass is 10.2. The first-order chi connectivity index (χ1) is 13.6. The van der Waals surface area contributed by atoms with Crippen molar-refractivity contribution >= 4 is 35.6 Å². The third-order valence-corrected chi connectivity index (χ3v) is 5.76. The molecule has 0 spiro atoms. The fourth-order valence-corrected chi connectivity index (χ4v) is 4.13. The second-order valence-electron chi connectivity index (χ2n) is 7.58. The number of guanidine groups is 1. The topological polar surface area (TPSA) is 52.6 Å². The number of hydrogen-bond acceptors (Lipinski definition) is 5. The van der Waals surface area contributed by atoms with E-state index in [-0.39, 0.29) is 24.0 Å². The predicted octanol–water partition coefficient (Wildman–Crippen LogP) is 2.12. The molecular weight excluding hydrogens is 481 g/mol. The Kier molecular flexibility index (Phi) is 9.78. The van der Waals surface area contributed by atoms with Crippen molar-refractivity contribution in [1.29, 1.82) is 0 Å². The van der Waals surface area contributed by atoms with Gasteiger partial charge in [0.25, 0.3) is 0 Å². The van der Waals surface area contributed by atoms with E-state index < -0.39 is 0 Å². The van der Waals surface area contributed by atoms with Crippen LogP contribution in [-0.2, 0) is 4.74 Å². The number of piperazine rings is 1. The number of ether oxygens (including phenoxy) is 2. The molecule has 0 amide bonds. The summed E-state index contributed by atoms with van der Waals surface area (Å²) in [5, 5.41) is 3.58. The minimum atomic E-state index is 0. The summed E-state index contributed by atoms with van der Waals surface area (Å²) in [6.07, 6.45) is 0. The molecule has 0 aromatic heterocycles. The molecule has 164 valence electrons. The Morgan fingerprint density at radius 1 is 1.24 bits per heavy atom. The molecular formula is C21H36IN5O2. The first-order valence-electron chi connectivity index (χ1n) is 10.3. The van der Waals surface area contributed by atoms with Gasteiger partial charge in [-0.05, 0) is 26.0 Å². The van der Waals surface area contributed by atoms with Gasteiger partial charge in [-0.2, -0.15) is 0 Å². The lowest BCUT2D eigenvalue weighted by molar-refractivity contribution is -0.0175. The van der Waals surface area contributed by atoms with Gasteiger partial charge in [0, 0.05) is 58.4 Å². The number of para-hydroxylation sites is 2. The molecule has 2 fully saturated rings. The van der Waals surface area contributed by atoms with Crippen molar-refractivity contribution in [3.8, 4) is 5.75 Å².